The highest BCUT2D eigenvalue weighted by molar-refractivity contribution is 7.80. The van der Waals surface area contributed by atoms with Crippen LogP contribution in [-0.4, -0.2) is 34.2 Å². The lowest BCUT2D eigenvalue weighted by Crippen LogP contribution is -1.96. The molecule has 9 heavy (non-hydrogen) atoms. The Kier molecular flexibility index (Phi) is 7.68. The van der Waals surface area contributed by atoms with Crippen molar-refractivity contribution in [3.63, 3.8) is 0 Å². The van der Waals surface area contributed by atoms with E-state index >= 15 is 0 Å². The van der Waals surface area contributed by atoms with Crippen LogP contribution in [0.15, 0.2) is 0 Å². The Hall–Kier alpha value is -0.170. The molecule has 0 amide bonds. The van der Waals surface area contributed by atoms with Crippen molar-refractivity contribution in [3.8, 4) is 0 Å². The van der Waals surface area contributed by atoms with Gasteiger partial charge < -0.3 is 5.32 Å². The number of nitrogens with one attached hydrogen (secondary N) is 1. The maximum Gasteiger partial charge on any atom is 0.397 e. The van der Waals surface area contributed by atoms with E-state index in [9.17, 15) is 8.42 Å². The van der Waals surface area contributed by atoms with Crippen LogP contribution in [0.5, 0.6) is 0 Å². The van der Waals surface area contributed by atoms with Crippen molar-refractivity contribution in [1.29, 1.82) is 0 Å². The van der Waals surface area contributed by atoms with Gasteiger partial charge in [-0.3, -0.25) is 8.74 Å². The van der Waals surface area contributed by atoms with Crippen molar-refractivity contribution >= 4 is 10.4 Å². The summed E-state index contributed by atoms with van der Waals surface area (Å²) in [6.45, 7) is 0. The van der Waals surface area contributed by atoms with Crippen molar-refractivity contribution in [1.82, 2.24) is 5.32 Å². The molecule has 58 valence electrons. The van der Waals surface area contributed by atoms with E-state index in [0.717, 1.165) is 7.11 Å². The summed E-state index contributed by atoms with van der Waals surface area (Å²) < 4.78 is 29.7. The Morgan fingerprint density at radius 3 is 1.56 bits per heavy atom. The fourth-order valence-corrected chi connectivity index (χ4v) is 0. The van der Waals surface area contributed by atoms with Crippen molar-refractivity contribution in [3.05, 3.63) is 0 Å². The maximum absolute atomic E-state index is 9.33. The Balaban J connectivity index is 0. The van der Waals surface area contributed by atoms with Gasteiger partial charge >= 0.3 is 10.4 Å². The standard InChI is InChI=1S/C2H7N.CH4O4S/c1-3-2;1-5-6(2,3)4/h3H,1-2H3;1H3,(H,2,3,4). The molecule has 0 spiro atoms. The molecule has 0 rings (SSSR count). The molecule has 0 saturated carbocycles. The zero-order valence-electron chi connectivity index (χ0n) is 5.58. The molecule has 0 fully saturated rings. The summed E-state index contributed by atoms with van der Waals surface area (Å²) in [5.74, 6) is 0. The summed E-state index contributed by atoms with van der Waals surface area (Å²) >= 11 is 0. The van der Waals surface area contributed by atoms with Gasteiger partial charge in [-0.05, 0) is 14.1 Å². The Morgan fingerprint density at radius 1 is 1.44 bits per heavy atom. The second-order valence-corrected chi connectivity index (χ2v) is 2.28. The first-order valence-corrected chi connectivity index (χ1v) is 3.46. The van der Waals surface area contributed by atoms with Crippen LogP contribution in [0.4, 0.5) is 0 Å². The third kappa shape index (κ3) is 33.2. The van der Waals surface area contributed by atoms with Gasteiger partial charge in [0.2, 0.25) is 0 Å². The van der Waals surface area contributed by atoms with E-state index in [1.807, 2.05) is 14.1 Å². The van der Waals surface area contributed by atoms with Crippen molar-refractivity contribution in [2.24, 2.45) is 0 Å². The molecule has 0 saturated heterocycles. The molecule has 0 radical (unpaired) electrons. The van der Waals surface area contributed by atoms with Gasteiger partial charge in [0.15, 0.2) is 0 Å². The predicted octanol–water partition coefficient (Wildman–Crippen LogP) is -0.729. The molecular formula is C3H11NO4S. The molecule has 0 aromatic heterocycles. The average Bonchev–Trinajstić information content (AvgIpc) is 1.67. The minimum atomic E-state index is -4.16. The number of hydrogen-bond acceptors (Lipinski definition) is 4. The van der Waals surface area contributed by atoms with Gasteiger partial charge in [-0.15, -0.1) is 0 Å². The van der Waals surface area contributed by atoms with Crippen LogP contribution in [0.1, 0.15) is 0 Å². The molecule has 6 heteroatoms. The molecule has 0 bridgehead atoms. The highest BCUT2D eigenvalue weighted by Crippen LogP contribution is 1.74. The monoisotopic (exact) mass is 157 g/mol. The van der Waals surface area contributed by atoms with Gasteiger partial charge in [-0.25, -0.2) is 0 Å². The number of rotatable bonds is 1. The topological polar surface area (TPSA) is 75.6 Å². The van der Waals surface area contributed by atoms with Crippen LogP contribution in [0.25, 0.3) is 0 Å². The van der Waals surface area contributed by atoms with Gasteiger partial charge in [0.25, 0.3) is 0 Å². The van der Waals surface area contributed by atoms with Crippen LogP contribution in [0.3, 0.4) is 0 Å². The van der Waals surface area contributed by atoms with Crippen LogP contribution < -0.4 is 5.32 Å². The van der Waals surface area contributed by atoms with Gasteiger partial charge in [-0.2, -0.15) is 8.42 Å². The molecule has 2 N–H and O–H groups in total. The van der Waals surface area contributed by atoms with E-state index in [0.29, 0.717) is 0 Å². The zero-order valence-corrected chi connectivity index (χ0v) is 6.40. The molecule has 0 unspecified atom stereocenters. The SMILES string of the molecule is CNC.COS(=O)(=O)O. The predicted molar refractivity (Wildman–Crippen MR) is 33.5 cm³/mol. The lowest BCUT2D eigenvalue weighted by molar-refractivity contribution is 0.324. The van der Waals surface area contributed by atoms with Gasteiger partial charge in [0, 0.05) is 0 Å². The Morgan fingerprint density at radius 2 is 1.56 bits per heavy atom. The van der Waals surface area contributed by atoms with E-state index in [2.05, 4.69) is 9.50 Å². The minimum absolute atomic E-state index is 0.870. The first-order valence-electron chi connectivity index (χ1n) is 2.09. The minimum Gasteiger partial charge on any atom is -0.323 e. The number of hydrogen-bond donors (Lipinski definition) is 2. The fourth-order valence-electron chi connectivity index (χ4n) is 0. The van der Waals surface area contributed by atoms with E-state index in [1.54, 1.807) is 0 Å². The zero-order chi connectivity index (χ0) is 7.91. The molecule has 0 heterocycles. The molecule has 0 aliphatic carbocycles. The molecule has 0 aromatic carbocycles. The van der Waals surface area contributed by atoms with Crippen molar-refractivity contribution in [2.75, 3.05) is 21.2 Å². The lowest BCUT2D eigenvalue weighted by atomic mass is 11.3. The molecule has 0 atom stereocenters. The van der Waals surface area contributed by atoms with Gasteiger partial charge in [-0.1, -0.05) is 0 Å². The van der Waals surface area contributed by atoms with Crippen molar-refractivity contribution in [2.45, 2.75) is 0 Å². The highest BCUT2D eigenvalue weighted by atomic mass is 32.3. The van der Waals surface area contributed by atoms with Crippen LogP contribution >= 0.6 is 0 Å². The lowest BCUT2D eigenvalue weighted by Gasteiger charge is -1.82. The summed E-state index contributed by atoms with van der Waals surface area (Å²) in [5, 5.41) is 2.75. The fraction of sp³-hybridized carbons (Fsp3) is 1.00. The molecule has 5 nitrogen and oxygen atoms in total. The molecule has 0 aliphatic rings. The van der Waals surface area contributed by atoms with E-state index in [1.165, 1.54) is 0 Å². The third-order valence-corrected chi connectivity index (χ3v) is 0.632. The van der Waals surface area contributed by atoms with Crippen molar-refractivity contribution < 1.29 is 17.2 Å². The molecular weight excluding hydrogens is 146 g/mol. The van der Waals surface area contributed by atoms with Crippen LogP contribution in [0.2, 0.25) is 0 Å². The Bertz CT molecular complexity index is 129. The first-order chi connectivity index (χ1) is 3.97. The second-order valence-electron chi connectivity index (χ2n) is 1.09. The average molecular weight is 157 g/mol. The van der Waals surface area contributed by atoms with E-state index < -0.39 is 10.4 Å². The summed E-state index contributed by atoms with van der Waals surface area (Å²) in [6.07, 6.45) is 0. The van der Waals surface area contributed by atoms with Crippen LogP contribution in [-0.2, 0) is 14.6 Å². The van der Waals surface area contributed by atoms with Gasteiger partial charge in [0.1, 0.15) is 0 Å². The summed E-state index contributed by atoms with van der Waals surface area (Å²) in [7, 11) is 0.458. The van der Waals surface area contributed by atoms with E-state index in [-0.39, 0.29) is 0 Å². The normalized spacial score (nSPS) is 9.78. The summed E-state index contributed by atoms with van der Waals surface area (Å²) in [4.78, 5) is 0. The smallest absolute Gasteiger partial charge is 0.323 e. The van der Waals surface area contributed by atoms with Gasteiger partial charge in [0.05, 0.1) is 7.11 Å². The first kappa shape index (κ1) is 11.6. The van der Waals surface area contributed by atoms with E-state index in [4.69, 9.17) is 4.55 Å². The largest absolute Gasteiger partial charge is 0.397 e. The second kappa shape index (κ2) is 5.96. The highest BCUT2D eigenvalue weighted by Gasteiger charge is 1.93. The quantitative estimate of drug-likeness (QED) is 0.491. The summed E-state index contributed by atoms with van der Waals surface area (Å²) in [5.41, 5.74) is 0. The Labute approximate surface area is 55.0 Å². The molecule has 0 aromatic rings. The maximum atomic E-state index is 9.33. The third-order valence-electron chi connectivity index (χ3n) is 0.211. The summed E-state index contributed by atoms with van der Waals surface area (Å²) in [6, 6.07) is 0. The van der Waals surface area contributed by atoms with Crippen LogP contribution in [0, 0.1) is 0 Å². The molecule has 0 aliphatic heterocycles.